The van der Waals surface area contributed by atoms with E-state index in [0.717, 1.165) is 0 Å². The first-order chi connectivity index (χ1) is 22.6. The first kappa shape index (κ1) is 28.0. The molecule has 2 aliphatic carbocycles. The van der Waals surface area contributed by atoms with E-state index in [9.17, 15) is 0 Å². The molecule has 0 spiro atoms. The van der Waals surface area contributed by atoms with E-state index in [1.807, 2.05) is 0 Å². The fraction of sp³-hybridized carbons (Fsp3) is 0.0303. The van der Waals surface area contributed by atoms with Gasteiger partial charge in [-0.3, -0.25) is 0 Å². The summed E-state index contributed by atoms with van der Waals surface area (Å²) in [5.74, 6) is 0. The number of halogens is 1. The Morgan fingerprint density at radius 1 is 0.250 bits per heavy atom. The molecule has 0 amide bonds. The van der Waals surface area contributed by atoms with Gasteiger partial charge in [0.2, 0.25) is 0 Å². The maximum absolute atomic E-state index is 7.08. The van der Waals surface area contributed by atoms with E-state index in [1.165, 1.54) is 0 Å². The lowest BCUT2D eigenvalue weighted by Gasteiger charge is -2.25. The summed E-state index contributed by atoms with van der Waals surface area (Å²) in [7, 11) is 0. The lowest BCUT2D eigenvalue weighted by Crippen LogP contribution is -2.07. The van der Waals surface area contributed by atoms with Crippen molar-refractivity contribution in [1.82, 2.24) is 0 Å². The van der Waals surface area contributed by atoms with Crippen molar-refractivity contribution in [1.29, 1.82) is 0 Å². The number of fused-ring (bicyclic) bond motifs is 8. The Labute approximate surface area is 285 Å². The van der Waals surface area contributed by atoms with Gasteiger partial charge in [-0.25, -0.2) is 0 Å². The van der Waals surface area contributed by atoms with Gasteiger partial charge in [0, 0.05) is 96.9 Å². The number of rotatable bonds is 0. The monoisotopic (exact) mass is 750 g/mol. The normalized spacial score (nSPS) is 12.7. The molecular formula is C33H31IN14. The lowest BCUT2D eigenvalue weighted by atomic mass is 9.82. The van der Waals surface area contributed by atoms with E-state index in [1.54, 1.807) is 6.92 Å². The van der Waals surface area contributed by atoms with Crippen LogP contribution in [-0.2, 0) is 0 Å². The van der Waals surface area contributed by atoms with Crippen LogP contribution < -0.4 is 80.3 Å². The van der Waals surface area contributed by atoms with Gasteiger partial charge in [-0.05, 0) is 35.1 Å². The quantitative estimate of drug-likeness (QED) is 0.0449. The minimum atomic E-state index is 0.131. The average Bonchev–Trinajstić information content (AvgIpc) is 3.61. The zero-order valence-corrected chi connectivity index (χ0v) is 27.6. The van der Waals surface area contributed by atoms with Crippen LogP contribution in [-0.4, -0.2) is 0 Å². The van der Waals surface area contributed by atoms with Crippen molar-refractivity contribution in [3.8, 4) is 44.5 Å². The molecule has 9 rings (SSSR count). The second-order valence-corrected chi connectivity index (χ2v) is 13.8. The van der Waals surface area contributed by atoms with Crippen LogP contribution in [0, 0.1) is 10.5 Å². The molecule has 240 valence electrons. The minimum absolute atomic E-state index is 0.131. The van der Waals surface area contributed by atoms with Gasteiger partial charge < -0.3 is 80.3 Å². The summed E-state index contributed by atoms with van der Waals surface area (Å²) >= 11 is 2.20. The van der Waals surface area contributed by atoms with E-state index in [2.05, 4.69) is 22.6 Å². The SMILES string of the molecule is Cc1c(N)c(N)c2c(c1N)-c1c(N)c(N)c3c4c(I)c(N)c5c6c(c(N)c(N)c(c7c(N)c(N)c-2c1c73)c64)-c1c(N)c(N)c(N)c(N)c1-5. The zero-order valence-electron chi connectivity index (χ0n) is 25.5. The van der Waals surface area contributed by atoms with Crippen molar-refractivity contribution in [2.45, 2.75) is 6.92 Å². The third-order valence-corrected chi connectivity index (χ3v) is 11.9. The molecule has 0 fully saturated rings. The number of benzene rings is 7. The van der Waals surface area contributed by atoms with Crippen LogP contribution in [0.25, 0.3) is 87.6 Å². The molecule has 0 aliphatic heterocycles. The Hall–Kier alpha value is -6.23. The van der Waals surface area contributed by atoms with Crippen LogP contribution in [0.1, 0.15) is 5.56 Å². The van der Waals surface area contributed by atoms with Gasteiger partial charge in [-0.15, -0.1) is 0 Å². The largest absolute Gasteiger partial charge is 0.398 e. The molecule has 0 unspecified atom stereocenters. The van der Waals surface area contributed by atoms with E-state index >= 15 is 0 Å². The minimum Gasteiger partial charge on any atom is -0.398 e. The van der Waals surface area contributed by atoms with Crippen molar-refractivity contribution >= 4 is 145 Å². The second-order valence-electron chi connectivity index (χ2n) is 12.7. The molecule has 15 heteroatoms. The van der Waals surface area contributed by atoms with Gasteiger partial charge in [0.05, 0.1) is 73.9 Å². The maximum atomic E-state index is 7.08. The van der Waals surface area contributed by atoms with Gasteiger partial charge in [0.15, 0.2) is 0 Å². The van der Waals surface area contributed by atoms with E-state index in [-0.39, 0.29) is 56.9 Å². The molecule has 28 N–H and O–H groups in total. The van der Waals surface area contributed by atoms with Crippen LogP contribution in [0.2, 0.25) is 0 Å². The molecule has 0 saturated carbocycles. The van der Waals surface area contributed by atoms with Gasteiger partial charge in [-0.2, -0.15) is 0 Å². The van der Waals surface area contributed by atoms with E-state index in [0.29, 0.717) is 119 Å². The van der Waals surface area contributed by atoms with Crippen molar-refractivity contribution in [2.75, 3.05) is 80.3 Å². The van der Waals surface area contributed by atoms with Gasteiger partial charge >= 0.3 is 0 Å². The van der Waals surface area contributed by atoms with Crippen molar-refractivity contribution in [3.05, 3.63) is 9.13 Å². The summed E-state index contributed by atoms with van der Waals surface area (Å²) in [6, 6.07) is 0. The second kappa shape index (κ2) is 8.00. The highest BCUT2D eigenvalue weighted by molar-refractivity contribution is 14.1. The van der Waals surface area contributed by atoms with Crippen LogP contribution in [0.5, 0.6) is 0 Å². The predicted molar refractivity (Wildman–Crippen MR) is 216 cm³/mol. The van der Waals surface area contributed by atoms with Crippen molar-refractivity contribution < 1.29 is 0 Å². The topological polar surface area (TPSA) is 364 Å². The number of nitrogens with two attached hydrogens (primary N) is 14. The zero-order chi connectivity index (χ0) is 34.5. The van der Waals surface area contributed by atoms with Crippen molar-refractivity contribution in [2.24, 2.45) is 0 Å². The van der Waals surface area contributed by atoms with Gasteiger partial charge in [0.1, 0.15) is 0 Å². The first-order valence-electron chi connectivity index (χ1n) is 14.7. The standard InChI is InChI=1S/C33H31IN14/c1-2-20(35)15-12-6-5-8(24(39)27(12)42)7-3-4-9(22(37)19(7)34)16-18(31(46)33(48)32(47)30(16)45)13(4)28(43)25(40)10(3)11(5)26(41)29(44)14(6)17(15)23(38)21(2)36/h35-48H2,1H3. The number of hydrogen-bond acceptors (Lipinski definition) is 14. The third-order valence-electron chi connectivity index (χ3n) is 10.8. The molecule has 0 bridgehead atoms. The highest BCUT2D eigenvalue weighted by Crippen LogP contribution is 2.68. The molecular weight excluding hydrogens is 719 g/mol. The molecule has 0 heterocycles. The summed E-state index contributed by atoms with van der Waals surface area (Å²) < 4.78 is 0.659. The van der Waals surface area contributed by atoms with Gasteiger partial charge in [0.25, 0.3) is 0 Å². The third kappa shape index (κ3) is 2.53. The van der Waals surface area contributed by atoms with Crippen LogP contribution in [0.15, 0.2) is 0 Å². The Balaban J connectivity index is 1.67. The number of anilines is 14. The summed E-state index contributed by atoms with van der Waals surface area (Å²) in [6.07, 6.45) is 0. The molecule has 2 aliphatic rings. The highest BCUT2D eigenvalue weighted by Gasteiger charge is 2.40. The molecule has 0 aromatic heterocycles. The molecule has 0 radical (unpaired) electrons. The molecule has 0 saturated heterocycles. The number of nitrogen functional groups attached to an aromatic ring is 14. The average molecular weight is 751 g/mol. The molecule has 14 nitrogen and oxygen atoms in total. The summed E-state index contributed by atoms with van der Waals surface area (Å²) in [5, 5.41) is 5.04. The summed E-state index contributed by atoms with van der Waals surface area (Å²) in [5.41, 5.74) is 104. The fourth-order valence-electron chi connectivity index (χ4n) is 8.46. The molecule has 0 atom stereocenters. The smallest absolute Gasteiger partial charge is 0.0809 e. The number of hydrogen-bond donors (Lipinski definition) is 14. The van der Waals surface area contributed by atoms with Gasteiger partial charge in [-0.1, -0.05) is 0 Å². The maximum Gasteiger partial charge on any atom is 0.0809 e. The van der Waals surface area contributed by atoms with Crippen LogP contribution >= 0.6 is 22.6 Å². The Morgan fingerprint density at radius 3 is 0.958 bits per heavy atom. The van der Waals surface area contributed by atoms with Crippen molar-refractivity contribution in [3.63, 3.8) is 0 Å². The summed E-state index contributed by atoms with van der Waals surface area (Å²) in [6.45, 7) is 1.79. The summed E-state index contributed by atoms with van der Waals surface area (Å²) in [4.78, 5) is 0. The fourth-order valence-corrected chi connectivity index (χ4v) is 9.27. The Bertz CT molecular complexity index is 2460. The Kier molecular flexibility index (Phi) is 4.67. The predicted octanol–water partition coefficient (Wildman–Crippen LogP) is 4.10. The van der Waals surface area contributed by atoms with Crippen LogP contribution in [0.3, 0.4) is 0 Å². The highest BCUT2D eigenvalue weighted by atomic mass is 127. The molecule has 7 aromatic rings. The first-order valence-corrected chi connectivity index (χ1v) is 15.8. The molecule has 7 aromatic carbocycles. The van der Waals surface area contributed by atoms with E-state index in [4.69, 9.17) is 80.3 Å². The van der Waals surface area contributed by atoms with Crippen LogP contribution in [0.4, 0.5) is 79.6 Å². The lowest BCUT2D eigenvalue weighted by molar-refractivity contribution is 1.47. The Morgan fingerprint density at radius 2 is 0.542 bits per heavy atom. The van der Waals surface area contributed by atoms with E-state index < -0.39 is 0 Å². The molecule has 48 heavy (non-hydrogen) atoms.